The second-order valence-corrected chi connectivity index (χ2v) is 6.70. The predicted octanol–water partition coefficient (Wildman–Crippen LogP) is 5.24. The van der Waals surface area contributed by atoms with E-state index in [1.165, 1.54) is 0 Å². The van der Waals surface area contributed by atoms with Crippen molar-refractivity contribution in [2.24, 2.45) is 0 Å². The summed E-state index contributed by atoms with van der Waals surface area (Å²) in [6.45, 7) is 0. The maximum Gasteiger partial charge on any atom is 0.148 e. The van der Waals surface area contributed by atoms with Crippen molar-refractivity contribution in [1.82, 2.24) is 0 Å². The summed E-state index contributed by atoms with van der Waals surface area (Å²) in [7, 11) is 1.66. The zero-order valence-corrected chi connectivity index (χ0v) is 14.8. The Labute approximate surface area is 157 Å². The molecule has 0 bridgehead atoms. The maximum atomic E-state index is 12.2. The first kappa shape index (κ1) is 15.9. The van der Waals surface area contributed by atoms with E-state index in [0.717, 1.165) is 33.2 Å². The molecule has 0 amide bonds. The lowest BCUT2D eigenvalue weighted by molar-refractivity contribution is 0.114. The molecule has 1 aliphatic heterocycles. The van der Waals surface area contributed by atoms with Gasteiger partial charge in [0.1, 0.15) is 22.8 Å². The Balaban J connectivity index is 1.87. The van der Waals surface area contributed by atoms with Crippen LogP contribution < -0.4 is 9.47 Å². The number of methoxy groups -OCH3 is 1. The zero-order chi connectivity index (χ0) is 18.4. The molecule has 4 aromatic carbocycles. The largest absolute Gasteiger partial charge is 0.497 e. The lowest BCUT2D eigenvalue weighted by Crippen LogP contribution is -2.32. The molecule has 0 aliphatic carbocycles. The van der Waals surface area contributed by atoms with Gasteiger partial charge >= 0.3 is 0 Å². The predicted molar refractivity (Wildman–Crippen MR) is 106 cm³/mol. The Bertz CT molecular complexity index is 1120. The minimum Gasteiger partial charge on any atom is -0.497 e. The van der Waals surface area contributed by atoms with Crippen molar-refractivity contribution in [1.29, 1.82) is 0 Å². The van der Waals surface area contributed by atoms with Crippen molar-refractivity contribution in [2.75, 3.05) is 7.11 Å². The van der Waals surface area contributed by atoms with E-state index < -0.39 is 5.60 Å². The quantitative estimate of drug-likeness (QED) is 0.535. The van der Waals surface area contributed by atoms with Crippen LogP contribution in [-0.2, 0) is 5.60 Å². The number of aliphatic hydroxyl groups is 1. The molecule has 132 valence electrons. The van der Waals surface area contributed by atoms with Crippen LogP contribution in [0.15, 0.2) is 84.9 Å². The molecule has 0 aromatic heterocycles. The van der Waals surface area contributed by atoms with Gasteiger partial charge in [0.05, 0.1) is 7.11 Å². The Morgan fingerprint density at radius 3 is 2.04 bits per heavy atom. The van der Waals surface area contributed by atoms with Gasteiger partial charge in [-0.05, 0) is 35.0 Å². The molecule has 4 aromatic rings. The number of ether oxygens (including phenoxy) is 2. The molecule has 1 heterocycles. The third-order valence-corrected chi connectivity index (χ3v) is 5.25. The Morgan fingerprint density at radius 2 is 1.37 bits per heavy atom. The number of hydrogen-bond donors (Lipinski definition) is 1. The molecule has 0 atom stereocenters. The summed E-state index contributed by atoms with van der Waals surface area (Å²) in [6.07, 6.45) is 0. The van der Waals surface area contributed by atoms with Crippen LogP contribution in [0.4, 0.5) is 0 Å². The van der Waals surface area contributed by atoms with Crippen molar-refractivity contribution in [3.63, 3.8) is 0 Å². The van der Waals surface area contributed by atoms with Gasteiger partial charge in [0, 0.05) is 16.7 Å². The monoisotopic (exact) mass is 354 g/mol. The molecule has 1 N–H and O–H groups in total. The van der Waals surface area contributed by atoms with Crippen molar-refractivity contribution in [3.05, 3.63) is 102 Å². The second-order valence-electron chi connectivity index (χ2n) is 6.70. The minimum absolute atomic E-state index is 0.671. The summed E-state index contributed by atoms with van der Waals surface area (Å²) in [5.41, 5.74) is 1.00. The molecule has 3 nitrogen and oxygen atoms in total. The summed E-state index contributed by atoms with van der Waals surface area (Å²) in [5.74, 6) is 2.13. The molecule has 3 heteroatoms. The highest BCUT2D eigenvalue weighted by Gasteiger charge is 2.42. The first-order valence-corrected chi connectivity index (χ1v) is 8.88. The van der Waals surface area contributed by atoms with E-state index >= 15 is 0 Å². The van der Waals surface area contributed by atoms with Crippen LogP contribution in [0.25, 0.3) is 10.8 Å². The van der Waals surface area contributed by atoms with Gasteiger partial charge in [-0.1, -0.05) is 60.7 Å². The lowest BCUT2D eigenvalue weighted by Gasteiger charge is -2.37. The van der Waals surface area contributed by atoms with Gasteiger partial charge in [0.15, 0.2) is 0 Å². The number of hydrogen-bond acceptors (Lipinski definition) is 3. The van der Waals surface area contributed by atoms with E-state index in [-0.39, 0.29) is 0 Å². The zero-order valence-electron chi connectivity index (χ0n) is 14.8. The first-order chi connectivity index (χ1) is 13.2. The number of para-hydroxylation sites is 2. The molecule has 5 rings (SSSR count). The number of rotatable bonds is 2. The van der Waals surface area contributed by atoms with Gasteiger partial charge in [0.2, 0.25) is 0 Å². The van der Waals surface area contributed by atoms with Crippen LogP contribution in [0.5, 0.6) is 17.2 Å². The Morgan fingerprint density at radius 1 is 0.741 bits per heavy atom. The fourth-order valence-corrected chi connectivity index (χ4v) is 3.97. The van der Waals surface area contributed by atoms with Gasteiger partial charge in [0.25, 0.3) is 0 Å². The fourth-order valence-electron chi connectivity index (χ4n) is 3.97. The second kappa shape index (κ2) is 5.86. The first-order valence-electron chi connectivity index (χ1n) is 8.88. The summed E-state index contributed by atoms with van der Waals surface area (Å²) >= 11 is 0. The summed E-state index contributed by atoms with van der Waals surface area (Å²) in [5, 5.41) is 14.2. The highest BCUT2D eigenvalue weighted by molar-refractivity contribution is 5.89. The molecule has 0 saturated heterocycles. The number of benzene rings is 4. The van der Waals surface area contributed by atoms with Crippen LogP contribution in [0.3, 0.4) is 0 Å². The fraction of sp³-hybridized carbons (Fsp3) is 0.0833. The summed E-state index contributed by atoms with van der Waals surface area (Å²) < 4.78 is 11.4. The minimum atomic E-state index is -1.31. The lowest BCUT2D eigenvalue weighted by atomic mass is 9.76. The van der Waals surface area contributed by atoms with Gasteiger partial charge in [-0.3, -0.25) is 0 Å². The van der Waals surface area contributed by atoms with Crippen molar-refractivity contribution in [2.45, 2.75) is 5.60 Å². The summed E-state index contributed by atoms with van der Waals surface area (Å²) in [6, 6.07) is 27.2. The SMILES string of the molecule is COc1ccc2c(C3(O)c4ccccc4Oc4ccccc43)cccc2c1. The van der Waals surface area contributed by atoms with E-state index in [9.17, 15) is 5.11 Å². The molecular weight excluding hydrogens is 336 g/mol. The van der Waals surface area contributed by atoms with Crippen LogP contribution in [0, 0.1) is 0 Å². The van der Waals surface area contributed by atoms with E-state index in [4.69, 9.17) is 9.47 Å². The molecular formula is C24H18O3. The maximum absolute atomic E-state index is 12.2. The topological polar surface area (TPSA) is 38.7 Å². The van der Waals surface area contributed by atoms with Crippen LogP contribution in [-0.4, -0.2) is 12.2 Å². The van der Waals surface area contributed by atoms with Crippen LogP contribution in [0.1, 0.15) is 16.7 Å². The smallest absolute Gasteiger partial charge is 0.148 e. The third-order valence-electron chi connectivity index (χ3n) is 5.25. The average molecular weight is 354 g/mol. The Hall–Kier alpha value is -3.30. The molecule has 0 spiro atoms. The van der Waals surface area contributed by atoms with Crippen LogP contribution >= 0.6 is 0 Å². The van der Waals surface area contributed by atoms with Gasteiger partial charge < -0.3 is 14.6 Å². The molecule has 27 heavy (non-hydrogen) atoms. The van der Waals surface area contributed by atoms with E-state index in [1.807, 2.05) is 84.9 Å². The van der Waals surface area contributed by atoms with E-state index in [0.29, 0.717) is 11.5 Å². The van der Waals surface area contributed by atoms with E-state index in [1.54, 1.807) is 7.11 Å². The van der Waals surface area contributed by atoms with Crippen molar-refractivity contribution < 1.29 is 14.6 Å². The highest BCUT2D eigenvalue weighted by Crippen LogP contribution is 2.51. The van der Waals surface area contributed by atoms with E-state index in [2.05, 4.69) is 0 Å². The molecule has 0 saturated carbocycles. The normalized spacial score (nSPS) is 14.1. The van der Waals surface area contributed by atoms with Gasteiger partial charge in [-0.15, -0.1) is 0 Å². The molecule has 0 unspecified atom stereocenters. The van der Waals surface area contributed by atoms with Gasteiger partial charge in [-0.2, -0.15) is 0 Å². The highest BCUT2D eigenvalue weighted by atomic mass is 16.5. The average Bonchev–Trinajstić information content (AvgIpc) is 2.73. The standard InChI is InChI=1S/C24H18O3/c1-26-17-13-14-18-16(15-17)7-6-10-19(18)24(25)20-8-2-4-11-22(20)27-23-12-5-3-9-21(23)24/h2-15,25H,1H3. The number of fused-ring (bicyclic) bond motifs is 3. The molecule has 0 fully saturated rings. The summed E-state index contributed by atoms with van der Waals surface area (Å²) in [4.78, 5) is 0. The molecule has 0 radical (unpaired) electrons. The van der Waals surface area contributed by atoms with Crippen molar-refractivity contribution in [3.8, 4) is 17.2 Å². The van der Waals surface area contributed by atoms with Gasteiger partial charge in [-0.25, -0.2) is 0 Å². The van der Waals surface area contributed by atoms with Crippen molar-refractivity contribution >= 4 is 10.8 Å². The Kier molecular flexibility index (Phi) is 3.46. The molecule has 1 aliphatic rings. The van der Waals surface area contributed by atoms with Crippen LogP contribution in [0.2, 0.25) is 0 Å². The third kappa shape index (κ3) is 2.25.